The van der Waals surface area contributed by atoms with Crippen molar-refractivity contribution in [2.45, 2.75) is 32.1 Å². The topological polar surface area (TPSA) is 82.6 Å². The first-order valence-corrected chi connectivity index (χ1v) is 11.0. The van der Waals surface area contributed by atoms with Crippen molar-refractivity contribution < 1.29 is 14.4 Å². The van der Waals surface area contributed by atoms with Gasteiger partial charge in [-0.25, -0.2) is 4.98 Å². The van der Waals surface area contributed by atoms with Crippen LogP contribution in [0.4, 0.5) is 17.2 Å². The molecule has 0 aliphatic carbocycles. The summed E-state index contributed by atoms with van der Waals surface area (Å²) in [6.07, 6.45) is 3.52. The molecular weight excluding hydrogens is 404 g/mol. The Morgan fingerprint density at radius 2 is 1.56 bits per heavy atom. The maximum atomic E-state index is 13.2. The molecule has 2 aromatic carbocycles. The van der Waals surface area contributed by atoms with Gasteiger partial charge in [0.25, 0.3) is 5.91 Å². The van der Waals surface area contributed by atoms with Gasteiger partial charge in [-0.05, 0) is 55.7 Å². The van der Waals surface area contributed by atoms with Gasteiger partial charge >= 0.3 is 0 Å². The third kappa shape index (κ3) is 3.82. The van der Waals surface area contributed by atoms with Crippen LogP contribution < -0.4 is 15.1 Å². The standard InChI is InChI=1S/C25H24N4O3/c30-22-8-5-9-23(31)29(22)19-12-10-18(11-13-19)26-25(32)20-16-17-6-1-2-7-21(17)27-24(20)28-14-3-4-15-28/h1-2,6-7,10-13,16H,3-5,8-9,14-15H2,(H,26,32). The van der Waals surface area contributed by atoms with E-state index in [1.54, 1.807) is 24.3 Å². The largest absolute Gasteiger partial charge is 0.356 e. The average molecular weight is 428 g/mol. The predicted molar refractivity (Wildman–Crippen MR) is 124 cm³/mol. The van der Waals surface area contributed by atoms with E-state index in [1.807, 2.05) is 30.3 Å². The summed E-state index contributed by atoms with van der Waals surface area (Å²) in [6.45, 7) is 1.77. The van der Waals surface area contributed by atoms with E-state index in [0.717, 1.165) is 36.8 Å². The van der Waals surface area contributed by atoms with Gasteiger partial charge in [0.2, 0.25) is 11.8 Å². The summed E-state index contributed by atoms with van der Waals surface area (Å²) >= 11 is 0. The number of benzene rings is 2. The van der Waals surface area contributed by atoms with Crippen LogP contribution in [0.5, 0.6) is 0 Å². The third-order valence-corrected chi connectivity index (χ3v) is 6.02. The number of nitrogens with one attached hydrogen (secondary N) is 1. The van der Waals surface area contributed by atoms with Crippen molar-refractivity contribution in [1.82, 2.24) is 4.98 Å². The first-order chi connectivity index (χ1) is 15.6. The van der Waals surface area contributed by atoms with E-state index in [2.05, 4.69) is 10.2 Å². The molecule has 1 N–H and O–H groups in total. The Labute approximate surface area is 186 Å². The fourth-order valence-corrected chi connectivity index (χ4v) is 4.38. The molecule has 2 saturated heterocycles. The van der Waals surface area contributed by atoms with E-state index < -0.39 is 0 Å². The van der Waals surface area contributed by atoms with Crippen LogP contribution in [-0.4, -0.2) is 35.8 Å². The summed E-state index contributed by atoms with van der Waals surface area (Å²) in [6, 6.07) is 16.5. The molecule has 1 aromatic heterocycles. The van der Waals surface area contributed by atoms with Crippen molar-refractivity contribution in [3.05, 3.63) is 60.2 Å². The third-order valence-electron chi connectivity index (χ3n) is 6.02. The first-order valence-electron chi connectivity index (χ1n) is 11.0. The van der Waals surface area contributed by atoms with Crippen molar-refractivity contribution in [2.75, 3.05) is 28.2 Å². The Morgan fingerprint density at radius 1 is 0.875 bits per heavy atom. The molecule has 0 bridgehead atoms. The van der Waals surface area contributed by atoms with Crippen LogP contribution in [0.15, 0.2) is 54.6 Å². The van der Waals surface area contributed by atoms with Gasteiger partial charge in [0, 0.05) is 37.0 Å². The number of pyridine rings is 1. The fourth-order valence-electron chi connectivity index (χ4n) is 4.38. The monoisotopic (exact) mass is 428 g/mol. The zero-order valence-electron chi connectivity index (χ0n) is 17.7. The number of imide groups is 1. The van der Waals surface area contributed by atoms with Crippen LogP contribution in [0.25, 0.3) is 10.9 Å². The second kappa shape index (κ2) is 8.42. The van der Waals surface area contributed by atoms with E-state index in [1.165, 1.54) is 4.90 Å². The van der Waals surface area contributed by atoms with Crippen LogP contribution in [0.3, 0.4) is 0 Å². The van der Waals surface area contributed by atoms with Crippen molar-refractivity contribution in [3.8, 4) is 0 Å². The van der Waals surface area contributed by atoms with Gasteiger partial charge in [-0.3, -0.25) is 19.3 Å². The summed E-state index contributed by atoms with van der Waals surface area (Å²) in [4.78, 5) is 45.7. The summed E-state index contributed by atoms with van der Waals surface area (Å²) in [5.41, 5.74) is 2.53. The molecule has 0 radical (unpaired) electrons. The van der Waals surface area contributed by atoms with Crippen LogP contribution in [0, 0.1) is 0 Å². The fraction of sp³-hybridized carbons (Fsp3) is 0.280. The van der Waals surface area contributed by atoms with Gasteiger partial charge in [-0.2, -0.15) is 0 Å². The average Bonchev–Trinajstić information content (AvgIpc) is 3.34. The normalized spacial score (nSPS) is 16.6. The van der Waals surface area contributed by atoms with Gasteiger partial charge < -0.3 is 10.2 Å². The van der Waals surface area contributed by atoms with E-state index in [9.17, 15) is 14.4 Å². The predicted octanol–water partition coefficient (Wildman–Crippen LogP) is 4.13. The molecule has 2 aliphatic heterocycles. The Balaban J connectivity index is 1.41. The molecular formula is C25H24N4O3. The highest BCUT2D eigenvalue weighted by Crippen LogP contribution is 2.28. The Kier molecular flexibility index (Phi) is 5.31. The minimum atomic E-state index is -0.233. The van der Waals surface area contributed by atoms with Gasteiger partial charge in [-0.15, -0.1) is 0 Å². The maximum absolute atomic E-state index is 13.2. The number of anilines is 3. The zero-order valence-corrected chi connectivity index (χ0v) is 17.7. The van der Waals surface area contributed by atoms with Crippen LogP contribution >= 0.6 is 0 Å². The number of rotatable bonds is 4. The lowest BCUT2D eigenvalue weighted by Gasteiger charge is -2.25. The number of aromatic nitrogens is 1. The van der Waals surface area contributed by atoms with E-state index in [-0.39, 0.29) is 17.7 Å². The molecule has 0 spiro atoms. The van der Waals surface area contributed by atoms with Crippen molar-refractivity contribution >= 4 is 45.8 Å². The van der Waals surface area contributed by atoms with Crippen LogP contribution in [-0.2, 0) is 9.59 Å². The first kappa shape index (κ1) is 20.2. The summed E-state index contributed by atoms with van der Waals surface area (Å²) in [5.74, 6) is 0.105. The zero-order chi connectivity index (χ0) is 22.1. The Bertz CT molecular complexity index is 1180. The number of hydrogen-bond acceptors (Lipinski definition) is 5. The molecule has 3 aromatic rings. The minimum absolute atomic E-state index is 0.185. The molecule has 5 rings (SSSR count). The lowest BCUT2D eigenvalue weighted by molar-refractivity contribution is -0.129. The minimum Gasteiger partial charge on any atom is -0.356 e. The molecule has 0 saturated carbocycles. The highest BCUT2D eigenvalue weighted by Gasteiger charge is 2.27. The molecule has 2 aliphatic rings. The summed E-state index contributed by atoms with van der Waals surface area (Å²) in [7, 11) is 0. The number of fused-ring (bicyclic) bond motifs is 1. The molecule has 2 fully saturated rings. The Hall–Kier alpha value is -3.74. The molecule has 32 heavy (non-hydrogen) atoms. The van der Waals surface area contributed by atoms with Gasteiger partial charge in [0.05, 0.1) is 16.8 Å². The van der Waals surface area contributed by atoms with E-state index in [4.69, 9.17) is 4.98 Å². The highest BCUT2D eigenvalue weighted by atomic mass is 16.2. The highest BCUT2D eigenvalue weighted by molar-refractivity contribution is 6.16. The van der Waals surface area contributed by atoms with Crippen molar-refractivity contribution in [3.63, 3.8) is 0 Å². The number of piperidine rings is 1. The van der Waals surface area contributed by atoms with Crippen LogP contribution in [0.2, 0.25) is 0 Å². The van der Waals surface area contributed by atoms with Gasteiger partial charge in [-0.1, -0.05) is 18.2 Å². The summed E-state index contributed by atoms with van der Waals surface area (Å²) < 4.78 is 0. The SMILES string of the molecule is O=C(Nc1ccc(N2C(=O)CCCC2=O)cc1)c1cc2ccccc2nc1N1CCCC1. The summed E-state index contributed by atoms with van der Waals surface area (Å²) in [5, 5.41) is 3.86. The molecule has 0 atom stereocenters. The molecule has 7 nitrogen and oxygen atoms in total. The smallest absolute Gasteiger partial charge is 0.259 e. The van der Waals surface area contributed by atoms with Gasteiger partial charge in [0.15, 0.2) is 0 Å². The number of hydrogen-bond donors (Lipinski definition) is 1. The van der Waals surface area contributed by atoms with E-state index >= 15 is 0 Å². The lowest BCUT2D eigenvalue weighted by atomic mass is 10.1. The van der Waals surface area contributed by atoms with Crippen molar-refractivity contribution in [2.24, 2.45) is 0 Å². The number of para-hydroxylation sites is 1. The molecule has 162 valence electrons. The van der Waals surface area contributed by atoms with E-state index in [0.29, 0.717) is 42.0 Å². The number of carbonyl (C=O) groups excluding carboxylic acids is 3. The Morgan fingerprint density at radius 3 is 2.28 bits per heavy atom. The maximum Gasteiger partial charge on any atom is 0.259 e. The van der Waals surface area contributed by atoms with Gasteiger partial charge in [0.1, 0.15) is 5.82 Å². The quantitative estimate of drug-likeness (QED) is 0.632. The lowest BCUT2D eigenvalue weighted by Crippen LogP contribution is -2.40. The van der Waals surface area contributed by atoms with Crippen LogP contribution in [0.1, 0.15) is 42.5 Å². The number of amides is 3. The molecule has 3 amide bonds. The molecule has 3 heterocycles. The van der Waals surface area contributed by atoms with Crippen molar-refractivity contribution in [1.29, 1.82) is 0 Å². The second-order valence-corrected chi connectivity index (χ2v) is 8.22. The number of carbonyl (C=O) groups is 3. The number of nitrogens with zero attached hydrogens (tertiary/aromatic N) is 3. The second-order valence-electron chi connectivity index (χ2n) is 8.22. The molecule has 0 unspecified atom stereocenters. The molecule has 7 heteroatoms.